The zero-order chi connectivity index (χ0) is 23.6. The first-order valence-corrected chi connectivity index (χ1v) is 11.1. The Morgan fingerprint density at radius 1 is 1.12 bits per heavy atom. The molecule has 1 aromatic heterocycles. The van der Waals surface area contributed by atoms with Crippen molar-refractivity contribution in [2.24, 2.45) is 11.3 Å². The van der Waals surface area contributed by atoms with Crippen LogP contribution in [0.15, 0.2) is 42.5 Å². The van der Waals surface area contributed by atoms with Crippen LogP contribution >= 0.6 is 0 Å². The van der Waals surface area contributed by atoms with E-state index in [0.717, 1.165) is 16.9 Å². The van der Waals surface area contributed by atoms with E-state index in [1.165, 1.54) is 0 Å². The molecule has 1 aliphatic rings. The van der Waals surface area contributed by atoms with Crippen LogP contribution in [0.25, 0.3) is 17.1 Å². The van der Waals surface area contributed by atoms with Gasteiger partial charge in [-0.2, -0.15) is 4.98 Å². The Morgan fingerprint density at radius 3 is 2.55 bits per heavy atom. The maximum Gasteiger partial charge on any atom is 0.336 e. The Kier molecular flexibility index (Phi) is 6.26. The highest BCUT2D eigenvalue weighted by molar-refractivity contribution is 5.91. The number of aromatic nitrogens is 3. The number of hydrogen-bond acceptors (Lipinski definition) is 6. The second-order valence-corrected chi connectivity index (χ2v) is 9.74. The van der Waals surface area contributed by atoms with Crippen LogP contribution in [0.4, 0.5) is 5.69 Å². The van der Waals surface area contributed by atoms with E-state index in [0.29, 0.717) is 42.3 Å². The zero-order valence-corrected chi connectivity index (χ0v) is 19.7. The molecule has 33 heavy (non-hydrogen) atoms. The van der Waals surface area contributed by atoms with Gasteiger partial charge in [0.15, 0.2) is 17.3 Å². The van der Waals surface area contributed by atoms with Gasteiger partial charge in [-0.15, -0.1) is 5.10 Å². The maximum atomic E-state index is 12.3. The number of nitrogens with one attached hydrogen (secondary N) is 1. The Balaban J connectivity index is 1.62. The molecule has 4 rings (SSSR count). The van der Waals surface area contributed by atoms with Gasteiger partial charge in [-0.25, -0.2) is 4.68 Å². The molecule has 0 saturated carbocycles. The number of carbonyl (C=O) groups is 1. The minimum absolute atomic E-state index is 0.0126. The van der Waals surface area contributed by atoms with Crippen LogP contribution in [-0.4, -0.2) is 34.1 Å². The lowest BCUT2D eigenvalue weighted by atomic mass is 9.92. The molecule has 3 aromatic rings. The highest BCUT2D eigenvalue weighted by Crippen LogP contribution is 2.36. The van der Waals surface area contributed by atoms with Gasteiger partial charge in [0, 0.05) is 17.7 Å². The van der Waals surface area contributed by atoms with Crippen molar-refractivity contribution in [3.8, 4) is 34.6 Å². The molecule has 2 aromatic carbocycles. The van der Waals surface area contributed by atoms with E-state index in [4.69, 9.17) is 14.2 Å². The fourth-order valence-electron chi connectivity index (χ4n) is 3.37. The lowest BCUT2D eigenvalue weighted by Crippen LogP contribution is -2.19. The smallest absolute Gasteiger partial charge is 0.336 e. The second kappa shape index (κ2) is 9.13. The van der Waals surface area contributed by atoms with Crippen LogP contribution in [0.1, 0.15) is 41.0 Å². The Morgan fingerprint density at radius 2 is 1.85 bits per heavy atom. The van der Waals surface area contributed by atoms with E-state index in [9.17, 15) is 4.79 Å². The van der Waals surface area contributed by atoms with Crippen molar-refractivity contribution in [2.75, 3.05) is 18.7 Å². The van der Waals surface area contributed by atoms with Gasteiger partial charge in [0.2, 0.25) is 12.7 Å². The summed E-state index contributed by atoms with van der Waals surface area (Å²) < 4.78 is 18.5. The summed E-state index contributed by atoms with van der Waals surface area (Å²) in [5.74, 6) is 2.33. The van der Waals surface area contributed by atoms with Gasteiger partial charge in [0.05, 0.1) is 12.3 Å². The summed E-state index contributed by atoms with van der Waals surface area (Å²) in [4.78, 5) is 16.9. The molecule has 2 heterocycles. The number of anilines is 1. The summed E-state index contributed by atoms with van der Waals surface area (Å²) in [6.07, 6.45) is 0.447. The first-order chi connectivity index (χ1) is 15.7. The number of carbonyl (C=O) groups excluding carboxylic acids is 1. The molecule has 0 fully saturated rings. The van der Waals surface area contributed by atoms with Crippen molar-refractivity contribution < 1.29 is 19.0 Å². The highest BCUT2D eigenvalue weighted by Gasteiger charge is 2.20. The van der Waals surface area contributed by atoms with E-state index in [2.05, 4.69) is 29.2 Å². The summed E-state index contributed by atoms with van der Waals surface area (Å²) in [5, 5.41) is 7.54. The van der Waals surface area contributed by atoms with Gasteiger partial charge in [-0.1, -0.05) is 34.6 Å². The third-order valence-electron chi connectivity index (χ3n) is 4.85. The molecule has 0 radical (unpaired) electrons. The molecule has 8 nitrogen and oxygen atoms in total. The van der Waals surface area contributed by atoms with E-state index in [1.54, 1.807) is 4.68 Å². The fraction of sp³-hybridized carbons (Fsp3) is 0.400. The molecule has 1 aliphatic heterocycles. The van der Waals surface area contributed by atoms with Crippen molar-refractivity contribution in [1.29, 1.82) is 0 Å². The quantitative estimate of drug-likeness (QED) is 0.541. The third kappa shape index (κ3) is 5.63. The van der Waals surface area contributed by atoms with Crippen LogP contribution in [0.2, 0.25) is 0 Å². The molecule has 0 aliphatic carbocycles. The van der Waals surface area contributed by atoms with Crippen molar-refractivity contribution in [1.82, 2.24) is 14.8 Å². The fourth-order valence-corrected chi connectivity index (χ4v) is 3.37. The predicted molar refractivity (Wildman–Crippen MR) is 126 cm³/mol. The van der Waals surface area contributed by atoms with Gasteiger partial charge >= 0.3 is 6.01 Å². The molecule has 1 amide bonds. The van der Waals surface area contributed by atoms with Crippen LogP contribution in [0.3, 0.4) is 0 Å². The van der Waals surface area contributed by atoms with E-state index in [-0.39, 0.29) is 18.1 Å². The Labute approximate surface area is 193 Å². The standard InChI is InChI=1S/C25H30N4O4/c1-16(2)14-31-24-27-23(17-6-11-20-21(12-17)33-15-32-20)29(28-24)19-9-7-18(8-10-19)26-22(30)13-25(3,4)5/h6-12,16H,13-15H2,1-5H3,(H,26,30). The minimum Gasteiger partial charge on any atom is -0.462 e. The number of benzene rings is 2. The van der Waals surface area contributed by atoms with Gasteiger partial charge in [0.25, 0.3) is 0 Å². The topological polar surface area (TPSA) is 87.5 Å². The zero-order valence-electron chi connectivity index (χ0n) is 19.7. The van der Waals surface area contributed by atoms with E-state index < -0.39 is 0 Å². The number of amides is 1. The van der Waals surface area contributed by atoms with E-state index >= 15 is 0 Å². The SMILES string of the molecule is CC(C)COc1nc(-c2ccc3c(c2)OCO3)n(-c2ccc(NC(=O)CC(C)(C)C)cc2)n1. The summed E-state index contributed by atoms with van der Waals surface area (Å²) in [5.41, 5.74) is 2.28. The van der Waals surface area contributed by atoms with Gasteiger partial charge in [0.1, 0.15) is 0 Å². The number of hydrogen-bond donors (Lipinski definition) is 1. The largest absolute Gasteiger partial charge is 0.462 e. The second-order valence-electron chi connectivity index (χ2n) is 9.74. The molecule has 0 saturated heterocycles. The average molecular weight is 451 g/mol. The first-order valence-electron chi connectivity index (χ1n) is 11.1. The summed E-state index contributed by atoms with van der Waals surface area (Å²) in [6.45, 7) is 11.0. The highest BCUT2D eigenvalue weighted by atomic mass is 16.7. The third-order valence-corrected chi connectivity index (χ3v) is 4.85. The molecule has 0 unspecified atom stereocenters. The van der Waals surface area contributed by atoms with Crippen molar-refractivity contribution in [3.63, 3.8) is 0 Å². The van der Waals surface area contributed by atoms with Crippen LogP contribution in [0.5, 0.6) is 17.5 Å². The Bertz CT molecular complexity index is 1130. The summed E-state index contributed by atoms with van der Waals surface area (Å²) >= 11 is 0. The molecule has 0 spiro atoms. The molecule has 174 valence electrons. The number of ether oxygens (including phenoxy) is 3. The lowest BCUT2D eigenvalue weighted by molar-refractivity contribution is -0.117. The lowest BCUT2D eigenvalue weighted by Gasteiger charge is -2.17. The van der Waals surface area contributed by atoms with Crippen LogP contribution < -0.4 is 19.5 Å². The first kappa shape index (κ1) is 22.6. The minimum atomic E-state index is -0.0728. The van der Waals surface area contributed by atoms with Crippen LogP contribution in [-0.2, 0) is 4.79 Å². The Hall–Kier alpha value is -3.55. The van der Waals surface area contributed by atoms with Gasteiger partial charge < -0.3 is 19.5 Å². The van der Waals surface area contributed by atoms with Crippen molar-refractivity contribution >= 4 is 11.6 Å². The van der Waals surface area contributed by atoms with Gasteiger partial charge in [-0.3, -0.25) is 4.79 Å². The molecular weight excluding hydrogens is 420 g/mol. The molecule has 8 heteroatoms. The maximum absolute atomic E-state index is 12.3. The molecule has 0 bridgehead atoms. The monoisotopic (exact) mass is 450 g/mol. The van der Waals surface area contributed by atoms with Crippen molar-refractivity contribution in [3.05, 3.63) is 42.5 Å². The van der Waals surface area contributed by atoms with E-state index in [1.807, 2.05) is 63.2 Å². The van der Waals surface area contributed by atoms with Crippen molar-refractivity contribution in [2.45, 2.75) is 41.0 Å². The summed E-state index contributed by atoms with van der Waals surface area (Å²) in [7, 11) is 0. The number of rotatable bonds is 7. The van der Waals surface area contributed by atoms with Crippen LogP contribution in [0, 0.1) is 11.3 Å². The average Bonchev–Trinajstić information content (AvgIpc) is 3.38. The molecule has 0 atom stereocenters. The molecular formula is C25H30N4O4. The summed E-state index contributed by atoms with van der Waals surface area (Å²) in [6, 6.07) is 13.5. The number of fused-ring (bicyclic) bond motifs is 1. The predicted octanol–water partition coefficient (Wildman–Crippen LogP) is 5.07. The number of nitrogens with zero attached hydrogens (tertiary/aromatic N) is 3. The van der Waals surface area contributed by atoms with Gasteiger partial charge in [-0.05, 0) is 53.8 Å². The normalized spacial score (nSPS) is 12.8. The molecule has 1 N–H and O–H groups in total.